The van der Waals surface area contributed by atoms with Crippen molar-refractivity contribution in [1.29, 1.82) is 0 Å². The van der Waals surface area contributed by atoms with Crippen LogP contribution in [-0.4, -0.2) is 47.4 Å². The second-order valence-corrected chi connectivity index (χ2v) is 7.07. The van der Waals surface area contributed by atoms with Crippen molar-refractivity contribution >= 4 is 17.6 Å². The van der Waals surface area contributed by atoms with E-state index in [0.29, 0.717) is 30.2 Å². The highest BCUT2D eigenvalue weighted by molar-refractivity contribution is 5.89. The molecule has 122 valence electrons. The molecule has 2 bridgehead atoms. The second kappa shape index (κ2) is 5.87. The zero-order chi connectivity index (χ0) is 15.8. The molecule has 3 heterocycles. The summed E-state index contributed by atoms with van der Waals surface area (Å²) in [6, 6.07) is 9.93. The van der Waals surface area contributed by atoms with Gasteiger partial charge in [0.1, 0.15) is 0 Å². The lowest BCUT2D eigenvalue weighted by atomic mass is 9.76. The molecule has 3 fully saturated rings. The summed E-state index contributed by atoms with van der Waals surface area (Å²) in [7, 11) is 0. The molecule has 5 heteroatoms. The van der Waals surface area contributed by atoms with Crippen molar-refractivity contribution in [3.8, 4) is 0 Å². The predicted molar refractivity (Wildman–Crippen MR) is 88.0 cm³/mol. The first-order valence-electron chi connectivity index (χ1n) is 8.61. The van der Waals surface area contributed by atoms with Crippen molar-refractivity contribution < 1.29 is 9.59 Å². The summed E-state index contributed by atoms with van der Waals surface area (Å²) in [5.74, 6) is 1.18. The van der Waals surface area contributed by atoms with Gasteiger partial charge < -0.3 is 15.1 Å². The van der Waals surface area contributed by atoms with Crippen LogP contribution in [-0.2, 0) is 4.79 Å². The fourth-order valence-corrected chi connectivity index (χ4v) is 4.50. The second-order valence-electron chi connectivity index (χ2n) is 7.07. The molecule has 0 radical (unpaired) electrons. The summed E-state index contributed by atoms with van der Waals surface area (Å²) in [5.41, 5.74) is 0.836. The van der Waals surface area contributed by atoms with E-state index in [1.165, 1.54) is 0 Å². The van der Waals surface area contributed by atoms with E-state index in [0.717, 1.165) is 44.6 Å². The number of hydrogen-bond donors (Lipinski definition) is 1. The number of urea groups is 1. The number of carbonyl (C=O) groups is 2. The maximum Gasteiger partial charge on any atom is 0.321 e. The van der Waals surface area contributed by atoms with Gasteiger partial charge in [-0.1, -0.05) is 18.2 Å². The third-order valence-electron chi connectivity index (χ3n) is 5.49. The van der Waals surface area contributed by atoms with Crippen molar-refractivity contribution in [2.45, 2.75) is 31.7 Å². The van der Waals surface area contributed by atoms with Crippen LogP contribution in [0.5, 0.6) is 0 Å². The van der Waals surface area contributed by atoms with Crippen LogP contribution in [0.3, 0.4) is 0 Å². The van der Waals surface area contributed by atoms with E-state index in [1.807, 2.05) is 35.2 Å². The van der Waals surface area contributed by atoms with Gasteiger partial charge in [0, 0.05) is 37.8 Å². The van der Waals surface area contributed by atoms with Gasteiger partial charge in [-0.25, -0.2) is 4.79 Å². The SMILES string of the molecule is O=C(Nc1ccccc1)N1C[C@H]2C[C@H](C1)[C@H]1CCCC(=O)N1C2. The van der Waals surface area contributed by atoms with Gasteiger partial charge in [0.15, 0.2) is 0 Å². The Hall–Kier alpha value is -2.04. The molecular formula is C18H23N3O2. The number of rotatable bonds is 1. The normalized spacial score (nSPS) is 29.9. The van der Waals surface area contributed by atoms with Gasteiger partial charge in [-0.15, -0.1) is 0 Å². The first kappa shape index (κ1) is 14.5. The van der Waals surface area contributed by atoms with E-state index >= 15 is 0 Å². The molecule has 3 atom stereocenters. The molecule has 3 aliphatic heterocycles. The van der Waals surface area contributed by atoms with Crippen LogP contribution in [0.2, 0.25) is 0 Å². The number of likely N-dealkylation sites (tertiary alicyclic amines) is 1. The smallest absolute Gasteiger partial charge is 0.321 e. The monoisotopic (exact) mass is 313 g/mol. The fraction of sp³-hybridized carbons (Fsp3) is 0.556. The number of anilines is 1. The van der Waals surface area contributed by atoms with E-state index < -0.39 is 0 Å². The third kappa shape index (κ3) is 2.80. The Balaban J connectivity index is 1.45. The highest BCUT2D eigenvalue weighted by atomic mass is 16.2. The molecule has 0 aromatic heterocycles. The van der Waals surface area contributed by atoms with Crippen molar-refractivity contribution in [3.05, 3.63) is 30.3 Å². The zero-order valence-corrected chi connectivity index (χ0v) is 13.3. The Labute approximate surface area is 136 Å². The molecule has 1 aromatic rings. The molecule has 23 heavy (non-hydrogen) atoms. The molecule has 3 saturated heterocycles. The van der Waals surface area contributed by atoms with Crippen LogP contribution in [0, 0.1) is 11.8 Å². The Morgan fingerprint density at radius 2 is 1.96 bits per heavy atom. The molecule has 4 rings (SSSR count). The molecule has 0 spiro atoms. The number of piperidine rings is 3. The first-order valence-corrected chi connectivity index (χ1v) is 8.61. The number of para-hydroxylation sites is 1. The topological polar surface area (TPSA) is 52.7 Å². The summed E-state index contributed by atoms with van der Waals surface area (Å²) >= 11 is 0. The minimum absolute atomic E-state index is 0.0125. The molecule has 0 unspecified atom stereocenters. The summed E-state index contributed by atoms with van der Waals surface area (Å²) in [4.78, 5) is 28.8. The third-order valence-corrected chi connectivity index (χ3v) is 5.49. The van der Waals surface area contributed by atoms with Gasteiger partial charge in [-0.3, -0.25) is 4.79 Å². The van der Waals surface area contributed by atoms with Gasteiger partial charge in [-0.05, 0) is 43.2 Å². The highest BCUT2D eigenvalue weighted by Gasteiger charge is 2.44. The van der Waals surface area contributed by atoms with Crippen LogP contribution < -0.4 is 5.32 Å². The quantitative estimate of drug-likeness (QED) is 0.866. The van der Waals surface area contributed by atoms with Gasteiger partial charge in [0.2, 0.25) is 5.91 Å². The van der Waals surface area contributed by atoms with Crippen LogP contribution in [0.25, 0.3) is 0 Å². The zero-order valence-electron chi connectivity index (χ0n) is 13.3. The van der Waals surface area contributed by atoms with Crippen molar-refractivity contribution in [3.63, 3.8) is 0 Å². The van der Waals surface area contributed by atoms with Gasteiger partial charge in [0.05, 0.1) is 0 Å². The molecule has 0 aliphatic carbocycles. The lowest BCUT2D eigenvalue weighted by Crippen LogP contribution is -2.61. The van der Waals surface area contributed by atoms with Gasteiger partial charge in [0.25, 0.3) is 0 Å². The number of fused-ring (bicyclic) bond motifs is 4. The Morgan fingerprint density at radius 3 is 2.78 bits per heavy atom. The Kier molecular flexibility index (Phi) is 3.71. The molecule has 3 aliphatic rings. The maximum absolute atomic E-state index is 12.6. The largest absolute Gasteiger partial charge is 0.339 e. The van der Waals surface area contributed by atoms with Crippen molar-refractivity contribution in [2.24, 2.45) is 11.8 Å². The van der Waals surface area contributed by atoms with E-state index in [-0.39, 0.29) is 6.03 Å². The Bertz CT molecular complexity index is 604. The highest BCUT2D eigenvalue weighted by Crippen LogP contribution is 2.37. The summed E-state index contributed by atoms with van der Waals surface area (Å²) < 4.78 is 0. The number of amides is 3. The van der Waals surface area contributed by atoms with Crippen LogP contribution in [0.4, 0.5) is 10.5 Å². The lowest BCUT2D eigenvalue weighted by molar-refractivity contribution is -0.144. The molecule has 5 nitrogen and oxygen atoms in total. The van der Waals surface area contributed by atoms with Crippen LogP contribution in [0.1, 0.15) is 25.7 Å². The van der Waals surface area contributed by atoms with E-state index in [1.54, 1.807) is 0 Å². The maximum atomic E-state index is 12.6. The molecule has 3 amide bonds. The predicted octanol–water partition coefficient (Wildman–Crippen LogP) is 2.55. The van der Waals surface area contributed by atoms with Crippen molar-refractivity contribution in [1.82, 2.24) is 9.80 Å². The number of hydrogen-bond acceptors (Lipinski definition) is 2. The molecule has 1 N–H and O–H groups in total. The van der Waals surface area contributed by atoms with Gasteiger partial charge >= 0.3 is 6.03 Å². The summed E-state index contributed by atoms with van der Waals surface area (Å²) in [6.07, 6.45) is 3.95. The molecular weight excluding hydrogens is 290 g/mol. The van der Waals surface area contributed by atoms with Gasteiger partial charge in [-0.2, -0.15) is 0 Å². The minimum atomic E-state index is -0.0125. The average Bonchev–Trinajstić information content (AvgIpc) is 2.57. The minimum Gasteiger partial charge on any atom is -0.339 e. The number of benzene rings is 1. The standard InChI is InChI=1S/C18H23N3O2/c22-17-8-4-7-16-14-9-13(11-21(16)17)10-20(12-14)18(23)19-15-5-2-1-3-6-15/h1-3,5-6,13-14,16H,4,7-12H2,(H,19,23)/t13-,14-,16-/m1/s1. The lowest BCUT2D eigenvalue weighted by Gasteiger charge is -2.52. The van der Waals surface area contributed by atoms with E-state index in [2.05, 4.69) is 10.2 Å². The first-order chi connectivity index (χ1) is 11.2. The van der Waals surface area contributed by atoms with Crippen LogP contribution in [0.15, 0.2) is 30.3 Å². The number of carbonyl (C=O) groups excluding carboxylic acids is 2. The van der Waals surface area contributed by atoms with E-state index in [4.69, 9.17) is 0 Å². The van der Waals surface area contributed by atoms with Crippen LogP contribution >= 0.6 is 0 Å². The molecule has 0 saturated carbocycles. The number of nitrogens with zero attached hydrogens (tertiary/aromatic N) is 2. The summed E-state index contributed by atoms with van der Waals surface area (Å²) in [5, 5.41) is 2.99. The fourth-order valence-electron chi connectivity index (χ4n) is 4.50. The molecule has 1 aromatic carbocycles. The number of nitrogens with one attached hydrogen (secondary N) is 1. The summed E-state index contributed by atoms with van der Waals surface area (Å²) in [6.45, 7) is 2.35. The average molecular weight is 313 g/mol. The van der Waals surface area contributed by atoms with E-state index in [9.17, 15) is 9.59 Å². The van der Waals surface area contributed by atoms with Crippen molar-refractivity contribution in [2.75, 3.05) is 25.0 Å². The Morgan fingerprint density at radius 1 is 1.13 bits per heavy atom.